The molecule has 0 bridgehead atoms. The highest BCUT2D eigenvalue weighted by Crippen LogP contribution is 2.33. The monoisotopic (exact) mass is 396 g/mol. The van der Waals surface area contributed by atoms with Crippen LogP contribution >= 0.6 is 0 Å². The first-order valence-corrected chi connectivity index (χ1v) is 10.5. The maximum atomic E-state index is 13.2. The van der Waals surface area contributed by atoms with E-state index < -0.39 is 0 Å². The van der Waals surface area contributed by atoms with Crippen LogP contribution in [0.3, 0.4) is 0 Å². The lowest BCUT2D eigenvalue weighted by Crippen LogP contribution is -2.36. The second kappa shape index (κ2) is 7.45. The first-order chi connectivity index (χ1) is 14.6. The Kier molecular flexibility index (Phi) is 4.62. The average Bonchev–Trinajstić information content (AvgIpc) is 3.13. The SMILES string of the molecule is CC1Cc2ccccc2N1C(=O)c1ccc(C(=O)N2CCCc3ccccc32)cc1. The van der Waals surface area contributed by atoms with Crippen LogP contribution in [0, 0.1) is 0 Å². The van der Waals surface area contributed by atoms with Crippen LogP contribution in [0.5, 0.6) is 0 Å². The van der Waals surface area contributed by atoms with E-state index in [2.05, 4.69) is 19.1 Å². The summed E-state index contributed by atoms with van der Waals surface area (Å²) in [7, 11) is 0. The van der Waals surface area contributed by atoms with Crippen molar-refractivity contribution in [1.82, 2.24) is 0 Å². The normalized spacial score (nSPS) is 17.4. The van der Waals surface area contributed by atoms with Crippen LogP contribution in [0.25, 0.3) is 0 Å². The summed E-state index contributed by atoms with van der Waals surface area (Å²) in [5.74, 6) is -0.0317. The van der Waals surface area contributed by atoms with Gasteiger partial charge < -0.3 is 9.80 Å². The lowest BCUT2D eigenvalue weighted by molar-refractivity contribution is 0.0971. The number of rotatable bonds is 2. The molecule has 5 rings (SSSR count). The van der Waals surface area contributed by atoms with Gasteiger partial charge >= 0.3 is 0 Å². The first kappa shape index (κ1) is 18.6. The highest BCUT2D eigenvalue weighted by atomic mass is 16.2. The van der Waals surface area contributed by atoms with Gasteiger partial charge in [0.1, 0.15) is 0 Å². The quantitative estimate of drug-likeness (QED) is 0.620. The van der Waals surface area contributed by atoms with Crippen LogP contribution in [0.15, 0.2) is 72.8 Å². The van der Waals surface area contributed by atoms with Crippen molar-refractivity contribution >= 4 is 23.2 Å². The van der Waals surface area contributed by atoms with Gasteiger partial charge in [0, 0.05) is 35.1 Å². The third-order valence-electron chi connectivity index (χ3n) is 6.16. The fourth-order valence-corrected chi connectivity index (χ4v) is 4.67. The largest absolute Gasteiger partial charge is 0.308 e. The zero-order valence-electron chi connectivity index (χ0n) is 17.0. The van der Waals surface area contributed by atoms with E-state index in [0.29, 0.717) is 11.1 Å². The molecule has 30 heavy (non-hydrogen) atoms. The minimum Gasteiger partial charge on any atom is -0.308 e. The molecule has 2 aliphatic heterocycles. The van der Waals surface area contributed by atoms with Crippen molar-refractivity contribution in [2.45, 2.75) is 32.2 Å². The van der Waals surface area contributed by atoms with Crippen molar-refractivity contribution < 1.29 is 9.59 Å². The van der Waals surface area contributed by atoms with Gasteiger partial charge in [-0.3, -0.25) is 9.59 Å². The smallest absolute Gasteiger partial charge is 0.258 e. The number of carbonyl (C=O) groups is 2. The van der Waals surface area contributed by atoms with E-state index in [0.717, 1.165) is 37.2 Å². The Morgan fingerprint density at radius 3 is 2.10 bits per heavy atom. The average molecular weight is 396 g/mol. The molecular formula is C26H24N2O2. The van der Waals surface area contributed by atoms with Crippen molar-refractivity contribution in [3.63, 3.8) is 0 Å². The number of hydrogen-bond acceptors (Lipinski definition) is 2. The molecule has 150 valence electrons. The van der Waals surface area contributed by atoms with E-state index in [9.17, 15) is 9.59 Å². The Labute approximate surface area is 176 Å². The van der Waals surface area contributed by atoms with Gasteiger partial charge in [-0.1, -0.05) is 36.4 Å². The number of nitrogens with zero attached hydrogens (tertiary/aromatic N) is 2. The molecule has 0 N–H and O–H groups in total. The topological polar surface area (TPSA) is 40.6 Å². The van der Waals surface area contributed by atoms with Gasteiger partial charge in [-0.15, -0.1) is 0 Å². The molecule has 2 heterocycles. The van der Waals surface area contributed by atoms with Gasteiger partial charge in [0.05, 0.1) is 0 Å². The molecule has 1 unspecified atom stereocenters. The predicted molar refractivity (Wildman–Crippen MR) is 119 cm³/mol. The van der Waals surface area contributed by atoms with E-state index in [1.54, 1.807) is 24.3 Å². The van der Waals surface area contributed by atoms with Crippen LogP contribution < -0.4 is 9.80 Å². The summed E-state index contributed by atoms with van der Waals surface area (Å²) >= 11 is 0. The fraction of sp³-hybridized carbons (Fsp3) is 0.231. The standard InChI is InChI=1S/C26H24N2O2/c1-18-17-22-8-3-5-11-24(22)28(18)26(30)21-14-12-20(13-15-21)25(29)27-16-6-9-19-7-2-4-10-23(19)27/h2-5,7-8,10-15,18H,6,9,16-17H2,1H3. The van der Waals surface area contributed by atoms with E-state index in [1.807, 2.05) is 46.2 Å². The van der Waals surface area contributed by atoms with Crippen molar-refractivity contribution in [2.24, 2.45) is 0 Å². The molecular weight excluding hydrogens is 372 g/mol. The zero-order valence-corrected chi connectivity index (χ0v) is 17.0. The van der Waals surface area contributed by atoms with Crippen LogP contribution in [0.4, 0.5) is 11.4 Å². The van der Waals surface area contributed by atoms with Gasteiger partial charge in [0.2, 0.25) is 0 Å². The van der Waals surface area contributed by atoms with Crippen LogP contribution in [0.2, 0.25) is 0 Å². The molecule has 2 aliphatic rings. The van der Waals surface area contributed by atoms with Crippen LogP contribution in [0.1, 0.15) is 45.2 Å². The van der Waals surface area contributed by atoms with E-state index in [4.69, 9.17) is 0 Å². The Balaban J connectivity index is 1.39. The molecule has 0 fully saturated rings. The third kappa shape index (κ3) is 3.09. The van der Waals surface area contributed by atoms with Crippen molar-refractivity contribution in [3.05, 3.63) is 95.1 Å². The second-order valence-corrected chi connectivity index (χ2v) is 8.12. The minimum atomic E-state index is -0.0187. The molecule has 0 saturated heterocycles. The molecule has 4 heteroatoms. The Bertz CT molecular complexity index is 1120. The van der Waals surface area contributed by atoms with Gasteiger partial charge in [0.15, 0.2) is 0 Å². The molecule has 3 aromatic carbocycles. The summed E-state index contributed by atoms with van der Waals surface area (Å²) in [6, 6.07) is 23.4. The van der Waals surface area contributed by atoms with E-state index in [-0.39, 0.29) is 17.9 Å². The molecule has 1 atom stereocenters. The molecule has 0 saturated carbocycles. The van der Waals surface area contributed by atoms with Gasteiger partial charge in [-0.05, 0) is 73.7 Å². The van der Waals surface area contributed by atoms with Crippen LogP contribution in [-0.4, -0.2) is 24.4 Å². The predicted octanol–water partition coefficient (Wildman–Crippen LogP) is 4.87. The second-order valence-electron chi connectivity index (χ2n) is 8.12. The number of carbonyl (C=O) groups excluding carboxylic acids is 2. The Morgan fingerprint density at radius 1 is 0.767 bits per heavy atom. The number of hydrogen-bond donors (Lipinski definition) is 0. The number of para-hydroxylation sites is 2. The highest BCUT2D eigenvalue weighted by Gasteiger charge is 2.31. The number of amides is 2. The fourth-order valence-electron chi connectivity index (χ4n) is 4.67. The molecule has 0 aromatic heterocycles. The lowest BCUT2D eigenvalue weighted by Gasteiger charge is -2.29. The molecule has 4 nitrogen and oxygen atoms in total. The van der Waals surface area contributed by atoms with Crippen molar-refractivity contribution in [3.8, 4) is 0 Å². The van der Waals surface area contributed by atoms with Crippen molar-refractivity contribution in [2.75, 3.05) is 16.3 Å². The molecule has 0 radical (unpaired) electrons. The number of aryl methyl sites for hydroxylation is 1. The summed E-state index contributed by atoms with van der Waals surface area (Å²) in [6.45, 7) is 2.79. The maximum Gasteiger partial charge on any atom is 0.258 e. The molecule has 3 aromatic rings. The summed E-state index contributed by atoms with van der Waals surface area (Å²) in [5, 5.41) is 0. The van der Waals surface area contributed by atoms with Gasteiger partial charge in [-0.2, -0.15) is 0 Å². The summed E-state index contributed by atoms with van der Waals surface area (Å²) in [6.07, 6.45) is 2.83. The first-order valence-electron chi connectivity index (χ1n) is 10.5. The van der Waals surface area contributed by atoms with E-state index in [1.165, 1.54) is 11.1 Å². The maximum absolute atomic E-state index is 13.2. The number of benzene rings is 3. The van der Waals surface area contributed by atoms with Gasteiger partial charge in [0.25, 0.3) is 11.8 Å². The minimum absolute atomic E-state index is 0.0129. The summed E-state index contributed by atoms with van der Waals surface area (Å²) < 4.78 is 0. The molecule has 0 spiro atoms. The number of fused-ring (bicyclic) bond motifs is 2. The Hall–Kier alpha value is -3.40. The zero-order chi connectivity index (χ0) is 20.7. The third-order valence-corrected chi connectivity index (χ3v) is 6.16. The summed E-state index contributed by atoms with van der Waals surface area (Å²) in [4.78, 5) is 30.1. The Morgan fingerprint density at radius 2 is 1.37 bits per heavy atom. The van der Waals surface area contributed by atoms with Gasteiger partial charge in [-0.25, -0.2) is 0 Å². The highest BCUT2D eigenvalue weighted by molar-refractivity contribution is 6.10. The molecule has 0 aliphatic carbocycles. The summed E-state index contributed by atoms with van der Waals surface area (Å²) in [5.41, 5.74) is 5.61. The molecule has 2 amide bonds. The van der Waals surface area contributed by atoms with Crippen LogP contribution in [-0.2, 0) is 12.8 Å². The van der Waals surface area contributed by atoms with E-state index >= 15 is 0 Å². The van der Waals surface area contributed by atoms with Crippen molar-refractivity contribution in [1.29, 1.82) is 0 Å². The lowest BCUT2D eigenvalue weighted by atomic mass is 10.0. The number of anilines is 2.